The number of fused-ring (bicyclic) bond motifs is 1. The average Bonchev–Trinajstić information content (AvgIpc) is 2.98. The Morgan fingerprint density at radius 3 is 2.73 bits per heavy atom. The molecule has 5 nitrogen and oxygen atoms in total. The van der Waals surface area contributed by atoms with Crippen molar-refractivity contribution in [2.75, 3.05) is 20.2 Å². The van der Waals surface area contributed by atoms with Gasteiger partial charge in [-0.3, -0.25) is 14.8 Å². The molecule has 2 heterocycles. The molecule has 0 amide bonds. The molecule has 4 rings (SSSR count). The SMILES string of the molecule is COC1=CCCC=C1CN1CCc2c([nH]n(Cc3ccccc3)c2=O)C1. The zero-order valence-corrected chi connectivity index (χ0v) is 15.2. The molecular formula is C21H25N3O2. The number of aromatic nitrogens is 2. The summed E-state index contributed by atoms with van der Waals surface area (Å²) >= 11 is 0. The van der Waals surface area contributed by atoms with Crippen molar-refractivity contribution >= 4 is 0 Å². The van der Waals surface area contributed by atoms with Crippen molar-refractivity contribution < 1.29 is 4.74 Å². The van der Waals surface area contributed by atoms with Crippen molar-refractivity contribution in [3.8, 4) is 0 Å². The first-order valence-electron chi connectivity index (χ1n) is 9.25. The molecule has 1 aliphatic heterocycles. The Labute approximate surface area is 153 Å². The number of nitrogens with one attached hydrogen (secondary N) is 1. The third kappa shape index (κ3) is 3.40. The fraction of sp³-hybridized carbons (Fsp3) is 0.381. The largest absolute Gasteiger partial charge is 0.497 e. The molecule has 1 aromatic heterocycles. The fourth-order valence-electron chi connectivity index (χ4n) is 3.85. The van der Waals surface area contributed by atoms with E-state index in [4.69, 9.17) is 4.74 Å². The predicted octanol–water partition coefficient (Wildman–Crippen LogP) is 2.83. The van der Waals surface area contributed by atoms with Gasteiger partial charge in [0.05, 0.1) is 19.3 Å². The third-order valence-electron chi connectivity index (χ3n) is 5.20. The fourth-order valence-corrected chi connectivity index (χ4v) is 3.85. The van der Waals surface area contributed by atoms with E-state index in [1.807, 2.05) is 30.3 Å². The second-order valence-electron chi connectivity index (χ2n) is 6.99. The maximum Gasteiger partial charge on any atom is 0.270 e. The van der Waals surface area contributed by atoms with Crippen LogP contribution in [0.15, 0.2) is 58.6 Å². The van der Waals surface area contributed by atoms with E-state index >= 15 is 0 Å². The number of allylic oxidation sites excluding steroid dienone is 2. The van der Waals surface area contributed by atoms with Crippen molar-refractivity contribution in [1.29, 1.82) is 0 Å². The van der Waals surface area contributed by atoms with Gasteiger partial charge in [-0.15, -0.1) is 0 Å². The van der Waals surface area contributed by atoms with Crippen LogP contribution in [0.1, 0.15) is 29.7 Å². The van der Waals surface area contributed by atoms with Crippen LogP contribution in [-0.4, -0.2) is 34.9 Å². The molecule has 26 heavy (non-hydrogen) atoms. The molecule has 5 heteroatoms. The Hall–Kier alpha value is -2.53. The molecule has 2 aliphatic rings. The van der Waals surface area contributed by atoms with E-state index in [0.717, 1.165) is 61.5 Å². The number of hydrogen-bond donors (Lipinski definition) is 1. The van der Waals surface area contributed by atoms with Gasteiger partial charge in [0, 0.05) is 30.8 Å². The van der Waals surface area contributed by atoms with Crippen LogP contribution in [0.3, 0.4) is 0 Å². The highest BCUT2D eigenvalue weighted by molar-refractivity contribution is 5.31. The van der Waals surface area contributed by atoms with E-state index in [9.17, 15) is 4.79 Å². The van der Waals surface area contributed by atoms with E-state index in [1.54, 1.807) is 11.8 Å². The lowest BCUT2D eigenvalue weighted by molar-refractivity contribution is 0.249. The summed E-state index contributed by atoms with van der Waals surface area (Å²) in [5.74, 6) is 0.997. The van der Waals surface area contributed by atoms with Gasteiger partial charge in [-0.2, -0.15) is 0 Å². The molecule has 0 bridgehead atoms. The van der Waals surface area contributed by atoms with Crippen molar-refractivity contribution in [1.82, 2.24) is 14.7 Å². The summed E-state index contributed by atoms with van der Waals surface area (Å²) in [5, 5.41) is 3.34. The Balaban J connectivity index is 1.49. The molecule has 0 saturated heterocycles. The quantitative estimate of drug-likeness (QED) is 0.901. The van der Waals surface area contributed by atoms with Crippen molar-refractivity contribution in [2.24, 2.45) is 0 Å². The van der Waals surface area contributed by atoms with Crippen LogP contribution in [0.25, 0.3) is 0 Å². The highest BCUT2D eigenvalue weighted by atomic mass is 16.5. The standard InChI is InChI=1S/C21H25N3O2/c1-26-20-10-6-5-9-17(20)14-23-12-11-18-19(15-23)22-24(21(18)25)13-16-7-3-2-4-8-16/h2-4,7-10,22H,5-6,11-15H2,1H3. The topological polar surface area (TPSA) is 50.3 Å². The maximum atomic E-state index is 12.7. The second kappa shape index (κ2) is 7.38. The summed E-state index contributed by atoms with van der Waals surface area (Å²) in [6.45, 7) is 3.14. The Bertz CT molecular complexity index is 890. The van der Waals surface area contributed by atoms with Crippen LogP contribution in [0.5, 0.6) is 0 Å². The molecule has 1 aliphatic carbocycles. The van der Waals surface area contributed by atoms with Gasteiger partial charge in [0.2, 0.25) is 0 Å². The number of methoxy groups -OCH3 is 1. The molecule has 0 unspecified atom stereocenters. The monoisotopic (exact) mass is 351 g/mol. The van der Waals surface area contributed by atoms with Gasteiger partial charge in [-0.1, -0.05) is 36.4 Å². The van der Waals surface area contributed by atoms with Crippen LogP contribution in [0, 0.1) is 0 Å². The van der Waals surface area contributed by atoms with E-state index in [2.05, 4.69) is 22.2 Å². The average molecular weight is 351 g/mol. The van der Waals surface area contributed by atoms with Crippen LogP contribution < -0.4 is 5.56 Å². The number of nitrogens with zero attached hydrogens (tertiary/aromatic N) is 2. The summed E-state index contributed by atoms with van der Waals surface area (Å²) in [7, 11) is 1.74. The van der Waals surface area contributed by atoms with Crippen molar-refractivity contribution in [2.45, 2.75) is 32.4 Å². The molecule has 2 aromatic rings. The maximum absolute atomic E-state index is 12.7. The summed E-state index contributed by atoms with van der Waals surface area (Å²) in [6.07, 6.45) is 7.37. The van der Waals surface area contributed by atoms with Gasteiger partial charge in [0.25, 0.3) is 5.56 Å². The minimum absolute atomic E-state index is 0.123. The number of H-pyrrole nitrogens is 1. The minimum Gasteiger partial charge on any atom is -0.497 e. The summed E-state index contributed by atoms with van der Waals surface area (Å²) in [4.78, 5) is 15.1. The third-order valence-corrected chi connectivity index (χ3v) is 5.20. The van der Waals surface area contributed by atoms with Gasteiger partial charge in [0.15, 0.2) is 0 Å². The summed E-state index contributed by atoms with van der Waals surface area (Å²) < 4.78 is 7.25. The molecule has 136 valence electrons. The number of ether oxygens (including phenoxy) is 1. The van der Waals surface area contributed by atoms with Crippen LogP contribution in [0.2, 0.25) is 0 Å². The smallest absolute Gasteiger partial charge is 0.270 e. The van der Waals surface area contributed by atoms with Gasteiger partial charge in [-0.05, 0) is 30.9 Å². The van der Waals surface area contributed by atoms with Crippen LogP contribution in [-0.2, 0) is 24.2 Å². The zero-order valence-electron chi connectivity index (χ0n) is 15.2. The molecule has 0 spiro atoms. The van der Waals surface area contributed by atoms with Crippen LogP contribution in [0.4, 0.5) is 0 Å². The second-order valence-corrected chi connectivity index (χ2v) is 6.99. The predicted molar refractivity (Wildman–Crippen MR) is 102 cm³/mol. The van der Waals surface area contributed by atoms with E-state index in [-0.39, 0.29) is 5.56 Å². The van der Waals surface area contributed by atoms with E-state index < -0.39 is 0 Å². The Morgan fingerprint density at radius 1 is 1.12 bits per heavy atom. The molecule has 1 aromatic carbocycles. The van der Waals surface area contributed by atoms with E-state index in [1.165, 1.54) is 5.57 Å². The molecule has 1 N–H and O–H groups in total. The van der Waals surface area contributed by atoms with Crippen molar-refractivity contribution in [3.63, 3.8) is 0 Å². The lowest BCUT2D eigenvalue weighted by Crippen LogP contribution is -2.34. The Morgan fingerprint density at radius 2 is 1.92 bits per heavy atom. The number of hydrogen-bond acceptors (Lipinski definition) is 3. The lowest BCUT2D eigenvalue weighted by atomic mass is 10.0. The van der Waals surface area contributed by atoms with E-state index in [0.29, 0.717) is 6.54 Å². The van der Waals surface area contributed by atoms with Gasteiger partial charge < -0.3 is 4.74 Å². The molecule has 0 fully saturated rings. The first-order valence-corrected chi connectivity index (χ1v) is 9.25. The molecule has 0 radical (unpaired) electrons. The first-order chi connectivity index (χ1) is 12.7. The molecular weight excluding hydrogens is 326 g/mol. The van der Waals surface area contributed by atoms with Crippen LogP contribution >= 0.6 is 0 Å². The normalized spacial score (nSPS) is 17.4. The number of benzene rings is 1. The number of rotatable bonds is 5. The highest BCUT2D eigenvalue weighted by Gasteiger charge is 2.24. The van der Waals surface area contributed by atoms with Gasteiger partial charge in [-0.25, -0.2) is 4.68 Å². The highest BCUT2D eigenvalue weighted by Crippen LogP contribution is 2.23. The van der Waals surface area contributed by atoms with Gasteiger partial charge >= 0.3 is 0 Å². The molecule has 0 atom stereocenters. The van der Waals surface area contributed by atoms with Crippen molar-refractivity contribution in [3.05, 3.63) is 81.0 Å². The lowest BCUT2D eigenvalue weighted by Gasteiger charge is -2.28. The zero-order chi connectivity index (χ0) is 17.9. The number of aromatic amines is 1. The molecule has 0 saturated carbocycles. The summed E-state index contributed by atoms with van der Waals surface area (Å²) in [5.41, 5.74) is 4.51. The minimum atomic E-state index is 0.123. The first kappa shape index (κ1) is 16.9. The Kier molecular flexibility index (Phi) is 4.80. The van der Waals surface area contributed by atoms with Gasteiger partial charge in [0.1, 0.15) is 5.76 Å². The summed E-state index contributed by atoms with van der Waals surface area (Å²) in [6, 6.07) is 10.1.